The molecular formula is C14H15F3N2S. The van der Waals surface area contributed by atoms with Crippen LogP contribution in [0.25, 0.3) is 11.0 Å². The summed E-state index contributed by atoms with van der Waals surface area (Å²) in [6.07, 6.45) is -1.02. The first kappa shape index (κ1) is 13.7. The van der Waals surface area contributed by atoms with Gasteiger partial charge in [-0.05, 0) is 49.2 Å². The van der Waals surface area contributed by atoms with Gasteiger partial charge in [-0.1, -0.05) is 13.3 Å². The Morgan fingerprint density at radius 1 is 1.30 bits per heavy atom. The zero-order valence-corrected chi connectivity index (χ0v) is 11.8. The molecule has 2 atom stereocenters. The molecule has 0 radical (unpaired) electrons. The number of aromatic nitrogens is 2. The van der Waals surface area contributed by atoms with Gasteiger partial charge >= 0.3 is 6.18 Å². The van der Waals surface area contributed by atoms with Crippen molar-refractivity contribution >= 4 is 23.3 Å². The number of benzene rings is 1. The number of alkyl halides is 3. The van der Waals surface area contributed by atoms with Crippen LogP contribution in [0, 0.1) is 10.7 Å². The molecular weight excluding hydrogens is 285 g/mol. The Kier molecular flexibility index (Phi) is 3.16. The highest BCUT2D eigenvalue weighted by atomic mass is 32.1. The summed E-state index contributed by atoms with van der Waals surface area (Å²) in [5.74, 6) is 0.503. The highest BCUT2D eigenvalue weighted by Crippen LogP contribution is 2.38. The van der Waals surface area contributed by atoms with Gasteiger partial charge in [-0.2, -0.15) is 13.2 Å². The molecule has 1 fully saturated rings. The van der Waals surface area contributed by atoms with Crippen molar-refractivity contribution in [2.75, 3.05) is 0 Å². The maximum absolute atomic E-state index is 12.7. The summed E-state index contributed by atoms with van der Waals surface area (Å²) in [6.45, 7) is 2.17. The third kappa shape index (κ3) is 2.16. The topological polar surface area (TPSA) is 20.7 Å². The van der Waals surface area contributed by atoms with Crippen LogP contribution in [0.15, 0.2) is 18.2 Å². The van der Waals surface area contributed by atoms with Gasteiger partial charge in [0.25, 0.3) is 0 Å². The number of rotatable bonds is 1. The summed E-state index contributed by atoms with van der Waals surface area (Å²) in [5.41, 5.74) is 0.582. The van der Waals surface area contributed by atoms with Crippen molar-refractivity contribution in [3.8, 4) is 0 Å². The fourth-order valence-electron chi connectivity index (χ4n) is 3.15. The van der Waals surface area contributed by atoms with Crippen LogP contribution in [0.3, 0.4) is 0 Å². The van der Waals surface area contributed by atoms with Gasteiger partial charge in [-0.25, -0.2) is 0 Å². The molecule has 1 aromatic carbocycles. The largest absolute Gasteiger partial charge is 0.416 e. The van der Waals surface area contributed by atoms with E-state index in [1.54, 1.807) is 0 Å². The molecule has 1 saturated carbocycles. The lowest BCUT2D eigenvalue weighted by molar-refractivity contribution is -0.137. The number of nitrogens with one attached hydrogen (secondary N) is 1. The molecule has 1 aliphatic carbocycles. The number of hydrogen-bond donors (Lipinski definition) is 1. The summed E-state index contributed by atoms with van der Waals surface area (Å²) in [7, 11) is 0. The Morgan fingerprint density at radius 3 is 2.65 bits per heavy atom. The predicted molar refractivity (Wildman–Crippen MR) is 74.2 cm³/mol. The Balaban J connectivity index is 2.15. The molecule has 3 rings (SSSR count). The Bertz CT molecular complexity index is 698. The summed E-state index contributed by atoms with van der Waals surface area (Å²) in [4.78, 5) is 2.91. The molecule has 1 aromatic heterocycles. The van der Waals surface area contributed by atoms with Gasteiger partial charge in [0.15, 0.2) is 4.77 Å². The third-order valence-electron chi connectivity index (χ3n) is 4.19. The first-order valence-corrected chi connectivity index (χ1v) is 7.10. The maximum atomic E-state index is 12.7. The fourth-order valence-corrected chi connectivity index (χ4v) is 3.49. The molecule has 2 aromatic rings. The van der Waals surface area contributed by atoms with Crippen molar-refractivity contribution in [3.05, 3.63) is 28.5 Å². The van der Waals surface area contributed by atoms with Crippen molar-refractivity contribution in [2.24, 2.45) is 5.92 Å². The van der Waals surface area contributed by atoms with E-state index in [1.807, 2.05) is 4.57 Å². The van der Waals surface area contributed by atoms with E-state index < -0.39 is 11.7 Å². The molecule has 2 nitrogen and oxygen atoms in total. The lowest BCUT2D eigenvalue weighted by Gasteiger charge is -2.18. The Hall–Kier alpha value is -1.30. The van der Waals surface area contributed by atoms with Crippen LogP contribution < -0.4 is 0 Å². The van der Waals surface area contributed by atoms with Crippen LogP contribution in [0.4, 0.5) is 13.2 Å². The maximum Gasteiger partial charge on any atom is 0.416 e. The van der Waals surface area contributed by atoms with Gasteiger partial charge in [-0.3, -0.25) is 0 Å². The monoisotopic (exact) mass is 300 g/mol. The quantitative estimate of drug-likeness (QED) is 0.728. The van der Waals surface area contributed by atoms with Crippen molar-refractivity contribution in [1.82, 2.24) is 9.55 Å². The first-order valence-electron chi connectivity index (χ1n) is 6.69. The van der Waals surface area contributed by atoms with E-state index in [0.717, 1.165) is 36.9 Å². The van der Waals surface area contributed by atoms with Crippen LogP contribution >= 0.6 is 12.2 Å². The second kappa shape index (κ2) is 4.62. The zero-order valence-electron chi connectivity index (χ0n) is 11.0. The highest BCUT2D eigenvalue weighted by Gasteiger charge is 2.32. The molecule has 1 heterocycles. The standard InChI is InChI=1S/C14H15F3N2S/c1-8-3-2-4-11(8)19-12-6-5-9(14(15,16)17)7-10(12)18-13(19)20/h5-8,11H,2-4H2,1H3,(H,18,20). The van der Waals surface area contributed by atoms with Crippen LogP contribution in [0.5, 0.6) is 0 Å². The van der Waals surface area contributed by atoms with E-state index >= 15 is 0 Å². The molecule has 108 valence electrons. The van der Waals surface area contributed by atoms with Crippen LogP contribution in [0.1, 0.15) is 37.8 Å². The summed E-state index contributed by atoms with van der Waals surface area (Å²) in [5, 5.41) is 0. The molecule has 2 unspecified atom stereocenters. The highest BCUT2D eigenvalue weighted by molar-refractivity contribution is 7.71. The first-order chi connectivity index (χ1) is 9.38. The Labute approximate surface area is 119 Å². The van der Waals surface area contributed by atoms with Gasteiger partial charge in [0.1, 0.15) is 0 Å². The molecule has 6 heteroatoms. The number of aromatic amines is 1. The van der Waals surface area contributed by atoms with Crippen molar-refractivity contribution in [3.63, 3.8) is 0 Å². The van der Waals surface area contributed by atoms with Gasteiger partial charge in [-0.15, -0.1) is 0 Å². The third-order valence-corrected chi connectivity index (χ3v) is 4.49. The molecule has 1 aliphatic rings. The van der Waals surface area contributed by atoms with E-state index in [9.17, 15) is 13.2 Å². The number of hydrogen-bond acceptors (Lipinski definition) is 1. The number of nitrogens with zero attached hydrogens (tertiary/aromatic N) is 1. The lowest BCUT2D eigenvalue weighted by Crippen LogP contribution is -2.11. The fraction of sp³-hybridized carbons (Fsp3) is 0.500. The summed E-state index contributed by atoms with van der Waals surface area (Å²) in [6, 6.07) is 4.07. The molecule has 0 saturated heterocycles. The molecule has 0 amide bonds. The van der Waals surface area contributed by atoms with Crippen molar-refractivity contribution in [2.45, 2.75) is 38.4 Å². The predicted octanol–water partition coefficient (Wildman–Crippen LogP) is 5.08. The second-order valence-corrected chi connectivity index (χ2v) is 5.89. The summed E-state index contributed by atoms with van der Waals surface area (Å²) < 4.78 is 40.7. The minimum atomic E-state index is -4.33. The van der Waals surface area contributed by atoms with Crippen LogP contribution in [0.2, 0.25) is 0 Å². The number of halogens is 3. The van der Waals surface area contributed by atoms with Crippen molar-refractivity contribution < 1.29 is 13.2 Å². The van der Waals surface area contributed by atoms with E-state index in [-0.39, 0.29) is 6.04 Å². The zero-order chi connectivity index (χ0) is 14.5. The molecule has 20 heavy (non-hydrogen) atoms. The lowest BCUT2D eigenvalue weighted by atomic mass is 10.1. The number of H-pyrrole nitrogens is 1. The Morgan fingerprint density at radius 2 is 2.05 bits per heavy atom. The van der Waals surface area contributed by atoms with E-state index in [4.69, 9.17) is 12.2 Å². The minimum Gasteiger partial charge on any atom is -0.331 e. The SMILES string of the molecule is CC1CCCC1n1c(=S)[nH]c2cc(C(F)(F)F)ccc21. The molecule has 0 spiro atoms. The minimum absolute atomic E-state index is 0.285. The molecule has 1 N–H and O–H groups in total. The number of fused-ring (bicyclic) bond motifs is 1. The average Bonchev–Trinajstić information content (AvgIpc) is 2.89. The smallest absolute Gasteiger partial charge is 0.331 e. The van der Waals surface area contributed by atoms with Gasteiger partial charge < -0.3 is 9.55 Å². The van der Waals surface area contributed by atoms with Gasteiger partial charge in [0.05, 0.1) is 16.6 Å². The van der Waals surface area contributed by atoms with E-state index in [0.29, 0.717) is 16.2 Å². The number of imidazole rings is 1. The van der Waals surface area contributed by atoms with Gasteiger partial charge in [0, 0.05) is 6.04 Å². The summed E-state index contributed by atoms with van der Waals surface area (Å²) >= 11 is 5.31. The van der Waals surface area contributed by atoms with E-state index in [1.165, 1.54) is 6.07 Å². The van der Waals surface area contributed by atoms with Crippen LogP contribution in [-0.2, 0) is 6.18 Å². The normalized spacial score (nSPS) is 23.6. The molecule has 0 aliphatic heterocycles. The second-order valence-electron chi connectivity index (χ2n) is 5.51. The van der Waals surface area contributed by atoms with Crippen molar-refractivity contribution in [1.29, 1.82) is 0 Å². The van der Waals surface area contributed by atoms with Crippen LogP contribution in [-0.4, -0.2) is 9.55 Å². The average molecular weight is 300 g/mol. The van der Waals surface area contributed by atoms with E-state index in [2.05, 4.69) is 11.9 Å². The van der Waals surface area contributed by atoms with Gasteiger partial charge in [0.2, 0.25) is 0 Å². The molecule has 0 bridgehead atoms.